The minimum Gasteiger partial charge on any atom is -0.298 e. The van der Waals surface area contributed by atoms with E-state index in [-0.39, 0.29) is 0 Å². The van der Waals surface area contributed by atoms with Gasteiger partial charge in [-0.15, -0.1) is 0 Å². The van der Waals surface area contributed by atoms with E-state index in [0.717, 1.165) is 28.2 Å². The van der Waals surface area contributed by atoms with Gasteiger partial charge in [0, 0.05) is 20.1 Å². The predicted molar refractivity (Wildman–Crippen MR) is 78.1 cm³/mol. The lowest BCUT2D eigenvalue weighted by molar-refractivity contribution is 0.111. The van der Waals surface area contributed by atoms with Gasteiger partial charge < -0.3 is 0 Å². The van der Waals surface area contributed by atoms with Crippen molar-refractivity contribution >= 4 is 44.4 Å². The second kappa shape index (κ2) is 5.59. The highest BCUT2D eigenvalue weighted by Crippen LogP contribution is 2.34. The Morgan fingerprint density at radius 2 is 1.56 bits per heavy atom. The molecule has 2 aromatic carbocycles. The average molecular weight is 368 g/mol. The molecule has 0 amide bonds. The summed E-state index contributed by atoms with van der Waals surface area (Å²) in [6, 6.07) is 10.8. The maximum atomic E-state index is 11.2. The first-order valence-corrected chi connectivity index (χ1v) is 6.75. The highest BCUT2D eigenvalue weighted by atomic mass is 79.9. The number of carbonyl (C=O) groups is 2. The van der Waals surface area contributed by atoms with Gasteiger partial charge in [-0.2, -0.15) is 0 Å². The number of hydrogen-bond donors (Lipinski definition) is 0. The maximum absolute atomic E-state index is 11.2. The van der Waals surface area contributed by atoms with Crippen LogP contribution in [0.15, 0.2) is 45.3 Å². The SMILES string of the molecule is O=Cc1ccccc1-c1ccc(Br)c(Br)c1C=O. The maximum Gasteiger partial charge on any atom is 0.151 e. The van der Waals surface area contributed by atoms with Crippen LogP contribution in [0, 0.1) is 0 Å². The summed E-state index contributed by atoms with van der Waals surface area (Å²) < 4.78 is 1.49. The van der Waals surface area contributed by atoms with Gasteiger partial charge in [-0.25, -0.2) is 0 Å². The van der Waals surface area contributed by atoms with Gasteiger partial charge >= 0.3 is 0 Å². The molecule has 2 rings (SSSR count). The smallest absolute Gasteiger partial charge is 0.151 e. The molecule has 0 aliphatic carbocycles. The summed E-state index contributed by atoms with van der Waals surface area (Å²) >= 11 is 6.72. The minimum atomic E-state index is 0.527. The number of halogens is 2. The number of benzene rings is 2. The summed E-state index contributed by atoms with van der Waals surface area (Å²) in [6.45, 7) is 0. The quantitative estimate of drug-likeness (QED) is 0.748. The van der Waals surface area contributed by atoms with E-state index in [9.17, 15) is 9.59 Å². The van der Waals surface area contributed by atoms with Crippen LogP contribution in [0.2, 0.25) is 0 Å². The number of hydrogen-bond acceptors (Lipinski definition) is 2. The van der Waals surface area contributed by atoms with Crippen LogP contribution >= 0.6 is 31.9 Å². The first kappa shape index (κ1) is 13.2. The second-order valence-electron chi connectivity index (χ2n) is 3.65. The van der Waals surface area contributed by atoms with Crippen molar-refractivity contribution in [2.24, 2.45) is 0 Å². The molecule has 0 spiro atoms. The van der Waals surface area contributed by atoms with E-state index in [1.807, 2.05) is 24.3 Å². The largest absolute Gasteiger partial charge is 0.298 e. The lowest BCUT2D eigenvalue weighted by Gasteiger charge is -2.10. The van der Waals surface area contributed by atoms with Gasteiger partial charge in [0.1, 0.15) is 0 Å². The highest BCUT2D eigenvalue weighted by molar-refractivity contribution is 9.13. The highest BCUT2D eigenvalue weighted by Gasteiger charge is 2.13. The van der Waals surface area contributed by atoms with Crippen molar-refractivity contribution in [1.82, 2.24) is 0 Å². The zero-order chi connectivity index (χ0) is 13.1. The van der Waals surface area contributed by atoms with Crippen molar-refractivity contribution in [3.05, 3.63) is 56.5 Å². The first-order valence-electron chi connectivity index (χ1n) is 5.16. The Hall–Kier alpha value is -1.26. The standard InChI is InChI=1S/C14H8Br2O2/c15-13-6-5-11(12(8-18)14(13)16)10-4-2-1-3-9(10)7-17/h1-8H. The van der Waals surface area contributed by atoms with E-state index in [1.54, 1.807) is 12.1 Å². The van der Waals surface area contributed by atoms with E-state index < -0.39 is 0 Å². The van der Waals surface area contributed by atoms with E-state index >= 15 is 0 Å². The Labute approximate surface area is 121 Å². The summed E-state index contributed by atoms with van der Waals surface area (Å²) in [5.74, 6) is 0. The Kier molecular flexibility index (Phi) is 4.09. The average Bonchev–Trinajstić information content (AvgIpc) is 2.41. The molecule has 0 bridgehead atoms. The molecule has 18 heavy (non-hydrogen) atoms. The molecule has 0 atom stereocenters. The third-order valence-electron chi connectivity index (χ3n) is 2.63. The molecule has 0 heterocycles. The number of carbonyl (C=O) groups excluding carboxylic acids is 2. The molecule has 0 saturated heterocycles. The minimum absolute atomic E-state index is 0.527. The fraction of sp³-hybridized carbons (Fsp3) is 0. The molecular formula is C14H8Br2O2. The van der Waals surface area contributed by atoms with Gasteiger partial charge in [-0.05, 0) is 49.1 Å². The molecule has 0 N–H and O–H groups in total. The van der Waals surface area contributed by atoms with Crippen LogP contribution in [0.1, 0.15) is 20.7 Å². The van der Waals surface area contributed by atoms with E-state index in [2.05, 4.69) is 31.9 Å². The fourth-order valence-corrected chi connectivity index (χ4v) is 2.55. The molecule has 0 aliphatic heterocycles. The predicted octanol–water partition coefficient (Wildman–Crippen LogP) is 4.50. The lowest BCUT2D eigenvalue weighted by Crippen LogP contribution is -1.94. The van der Waals surface area contributed by atoms with Crippen molar-refractivity contribution in [3.8, 4) is 11.1 Å². The van der Waals surface area contributed by atoms with Gasteiger partial charge in [0.2, 0.25) is 0 Å². The second-order valence-corrected chi connectivity index (χ2v) is 5.29. The molecule has 0 aliphatic rings. The van der Waals surface area contributed by atoms with Crippen molar-refractivity contribution in [3.63, 3.8) is 0 Å². The summed E-state index contributed by atoms with van der Waals surface area (Å²) in [5.41, 5.74) is 2.58. The van der Waals surface area contributed by atoms with Crippen molar-refractivity contribution in [2.75, 3.05) is 0 Å². The van der Waals surface area contributed by atoms with Crippen LogP contribution in [0.4, 0.5) is 0 Å². The summed E-state index contributed by atoms with van der Waals surface area (Å²) in [4.78, 5) is 22.3. The molecule has 2 aromatic rings. The van der Waals surface area contributed by atoms with Gasteiger partial charge in [-0.1, -0.05) is 30.3 Å². The molecule has 0 unspecified atom stereocenters. The van der Waals surface area contributed by atoms with Crippen molar-refractivity contribution in [1.29, 1.82) is 0 Å². The molecule has 4 heteroatoms. The van der Waals surface area contributed by atoms with E-state index in [1.165, 1.54) is 0 Å². The molecule has 0 radical (unpaired) electrons. The Bertz CT molecular complexity index is 621. The van der Waals surface area contributed by atoms with Gasteiger partial charge in [0.25, 0.3) is 0 Å². The third-order valence-corrected chi connectivity index (χ3v) is 4.68. The number of aldehydes is 2. The summed E-state index contributed by atoms with van der Waals surface area (Å²) in [6.07, 6.45) is 1.58. The van der Waals surface area contributed by atoms with Crippen LogP contribution in [0.5, 0.6) is 0 Å². The topological polar surface area (TPSA) is 34.1 Å². The Morgan fingerprint density at radius 3 is 2.22 bits per heavy atom. The van der Waals surface area contributed by atoms with Crippen LogP contribution in [-0.2, 0) is 0 Å². The summed E-state index contributed by atoms with van der Waals surface area (Å²) in [7, 11) is 0. The molecule has 2 nitrogen and oxygen atoms in total. The first-order chi connectivity index (χ1) is 8.69. The van der Waals surface area contributed by atoms with Gasteiger partial charge in [0.15, 0.2) is 12.6 Å². The molecular weight excluding hydrogens is 360 g/mol. The van der Waals surface area contributed by atoms with E-state index in [0.29, 0.717) is 15.6 Å². The van der Waals surface area contributed by atoms with Crippen molar-refractivity contribution < 1.29 is 9.59 Å². The Morgan fingerprint density at radius 1 is 0.833 bits per heavy atom. The zero-order valence-electron chi connectivity index (χ0n) is 9.19. The Balaban J connectivity index is 2.75. The van der Waals surface area contributed by atoms with Crippen molar-refractivity contribution in [2.45, 2.75) is 0 Å². The van der Waals surface area contributed by atoms with E-state index in [4.69, 9.17) is 0 Å². The molecule has 0 saturated carbocycles. The lowest BCUT2D eigenvalue weighted by atomic mass is 9.96. The number of rotatable bonds is 3. The van der Waals surface area contributed by atoms with Crippen LogP contribution in [-0.4, -0.2) is 12.6 Å². The van der Waals surface area contributed by atoms with Gasteiger partial charge in [0.05, 0.1) is 0 Å². The summed E-state index contributed by atoms with van der Waals surface area (Å²) in [5, 5.41) is 0. The molecule has 90 valence electrons. The fourth-order valence-electron chi connectivity index (χ4n) is 1.76. The monoisotopic (exact) mass is 366 g/mol. The third kappa shape index (κ3) is 2.31. The van der Waals surface area contributed by atoms with Crippen LogP contribution in [0.25, 0.3) is 11.1 Å². The van der Waals surface area contributed by atoms with Crippen LogP contribution < -0.4 is 0 Å². The van der Waals surface area contributed by atoms with Gasteiger partial charge in [-0.3, -0.25) is 9.59 Å². The van der Waals surface area contributed by atoms with Crippen LogP contribution in [0.3, 0.4) is 0 Å². The molecule has 0 fully saturated rings. The zero-order valence-corrected chi connectivity index (χ0v) is 12.4. The normalized spacial score (nSPS) is 10.1. The molecule has 0 aromatic heterocycles.